The van der Waals surface area contributed by atoms with Crippen molar-refractivity contribution in [3.8, 4) is 0 Å². The van der Waals surface area contributed by atoms with E-state index in [0.717, 1.165) is 0 Å². The predicted octanol–water partition coefficient (Wildman–Crippen LogP) is -0.330. The van der Waals surface area contributed by atoms with Gasteiger partial charge in [0.25, 0.3) is 11.8 Å². The Kier molecular flexibility index (Phi) is 1.62. The van der Waals surface area contributed by atoms with Crippen molar-refractivity contribution < 1.29 is 26.0 Å². The summed E-state index contributed by atoms with van der Waals surface area (Å²) in [6.07, 6.45) is -6.86. The number of fused-ring (bicyclic) bond motifs is 1. The first-order chi connectivity index (χ1) is 11.4. The highest BCUT2D eigenvalue weighted by Crippen LogP contribution is 2.30. The zero-order chi connectivity index (χ0) is 18.9. The predicted molar refractivity (Wildman–Crippen MR) is 67.5 cm³/mol. The first-order valence-electron chi connectivity index (χ1n) is 8.02. The maximum Gasteiger partial charge on any atom is 0.264 e. The quantitative estimate of drug-likeness (QED) is 0.540. The Balaban J connectivity index is 2.24. The summed E-state index contributed by atoms with van der Waals surface area (Å²) in [5.74, 6) is -5.60. The molecule has 1 saturated heterocycles. The van der Waals surface area contributed by atoms with Gasteiger partial charge in [-0.2, -0.15) is 0 Å². The number of amides is 4. The number of nitrogen functional groups attached to an aromatic ring is 1. The van der Waals surface area contributed by atoms with E-state index in [0.29, 0.717) is 0 Å². The summed E-state index contributed by atoms with van der Waals surface area (Å²) in [6, 6.07) is 0.537. The third-order valence-corrected chi connectivity index (χ3v) is 2.91. The van der Waals surface area contributed by atoms with E-state index in [9.17, 15) is 19.2 Å². The smallest absolute Gasteiger partial charge is 0.264 e. The lowest BCUT2D eigenvalue weighted by Gasteiger charge is -2.27. The van der Waals surface area contributed by atoms with Crippen molar-refractivity contribution >= 4 is 29.3 Å². The highest BCUT2D eigenvalue weighted by Gasteiger charge is 2.45. The van der Waals surface area contributed by atoms with E-state index in [4.69, 9.17) is 12.6 Å². The molecule has 3 rings (SSSR count). The molecule has 2 heterocycles. The maximum atomic E-state index is 12.6. The van der Waals surface area contributed by atoms with E-state index in [1.165, 1.54) is 23.5 Å². The van der Waals surface area contributed by atoms with E-state index in [1.54, 1.807) is 0 Å². The molecule has 20 heavy (non-hydrogen) atoms. The molecular formula is C13H11N3O4. The van der Waals surface area contributed by atoms with E-state index in [1.807, 2.05) is 0 Å². The number of hydrogen-bond donors (Lipinski definition) is 2. The van der Waals surface area contributed by atoms with Gasteiger partial charge in [-0.05, 0) is 18.5 Å². The molecule has 4 amide bonds. The summed E-state index contributed by atoms with van der Waals surface area (Å²) in [7, 11) is 0. The lowest BCUT2D eigenvalue weighted by molar-refractivity contribution is -0.136. The van der Waals surface area contributed by atoms with Crippen LogP contribution in [0.4, 0.5) is 5.69 Å². The number of rotatable bonds is 1. The molecule has 0 unspecified atom stereocenters. The van der Waals surface area contributed by atoms with Crippen molar-refractivity contribution in [2.24, 2.45) is 0 Å². The number of nitrogens with zero attached hydrogens (tertiary/aromatic N) is 1. The maximum absolute atomic E-state index is 12.6. The van der Waals surface area contributed by atoms with Crippen LogP contribution in [0.2, 0.25) is 0 Å². The molecule has 0 spiro atoms. The zero-order valence-electron chi connectivity index (χ0n) is 14.9. The normalized spacial score (nSPS) is 34.4. The van der Waals surface area contributed by atoms with Crippen molar-refractivity contribution in [2.75, 3.05) is 5.73 Å². The first-order valence-corrected chi connectivity index (χ1v) is 5.52. The lowest BCUT2D eigenvalue weighted by atomic mass is 10.0. The van der Waals surface area contributed by atoms with E-state index in [-0.39, 0.29) is 21.7 Å². The Morgan fingerprint density at radius 3 is 2.75 bits per heavy atom. The number of nitrogens with one attached hydrogen (secondary N) is 1. The van der Waals surface area contributed by atoms with E-state index < -0.39 is 42.4 Å². The molecule has 0 bridgehead atoms. The molecule has 0 saturated carbocycles. The number of nitrogens with two attached hydrogens (primary N) is 1. The van der Waals surface area contributed by atoms with Gasteiger partial charge in [0.15, 0.2) is 0 Å². The summed E-state index contributed by atoms with van der Waals surface area (Å²) in [6.45, 7) is 0. The zero-order valence-corrected chi connectivity index (χ0v) is 9.89. The molecule has 1 fully saturated rings. The molecule has 2 aliphatic heterocycles. The third-order valence-electron chi connectivity index (χ3n) is 2.91. The van der Waals surface area contributed by atoms with Crippen LogP contribution in [0, 0.1) is 0 Å². The topological polar surface area (TPSA) is 110 Å². The number of imide groups is 2. The molecule has 2 aliphatic rings. The molecular weight excluding hydrogens is 262 g/mol. The molecule has 7 heteroatoms. The van der Waals surface area contributed by atoms with Gasteiger partial charge in [0.05, 0.1) is 12.5 Å². The number of carbonyl (C=O) groups excluding carboxylic acids is 4. The Morgan fingerprint density at radius 1 is 1.30 bits per heavy atom. The second kappa shape index (κ2) is 4.16. The van der Waals surface area contributed by atoms with Crippen LogP contribution in [0.1, 0.15) is 40.3 Å². The lowest BCUT2D eigenvalue weighted by Crippen LogP contribution is -2.54. The third kappa shape index (κ3) is 1.59. The highest BCUT2D eigenvalue weighted by atomic mass is 16.2. The minimum atomic E-state index is -3.51. The molecule has 3 N–H and O–H groups in total. The average Bonchev–Trinajstić information content (AvgIpc) is 2.77. The van der Waals surface area contributed by atoms with Crippen LogP contribution in [0.25, 0.3) is 0 Å². The fourth-order valence-electron chi connectivity index (χ4n) is 2.04. The molecule has 0 aliphatic carbocycles. The summed E-state index contributed by atoms with van der Waals surface area (Å²) in [5, 5.41) is 1.52. The SMILES string of the molecule is [2H]C1([2H])C(=O)NC(=O)[C@]([2H])(N2C(=O)c3cccc(N)c3C2=O)C1([2H])[2H]. The van der Waals surface area contributed by atoms with Gasteiger partial charge in [-0.25, -0.2) is 0 Å². The molecule has 1 aromatic rings. The van der Waals surface area contributed by atoms with Crippen LogP contribution in [-0.4, -0.2) is 34.5 Å². The second-order valence-corrected chi connectivity index (χ2v) is 4.10. The average molecular weight is 278 g/mol. The molecule has 1 aromatic carbocycles. The van der Waals surface area contributed by atoms with Crippen molar-refractivity contribution in [1.82, 2.24) is 10.2 Å². The van der Waals surface area contributed by atoms with Gasteiger partial charge in [-0.1, -0.05) is 6.07 Å². The largest absolute Gasteiger partial charge is 0.398 e. The summed E-state index contributed by atoms with van der Waals surface area (Å²) >= 11 is 0. The molecule has 0 radical (unpaired) electrons. The number of anilines is 1. The van der Waals surface area contributed by atoms with Crippen molar-refractivity contribution in [1.29, 1.82) is 0 Å². The number of carbonyl (C=O) groups is 4. The number of piperidine rings is 1. The van der Waals surface area contributed by atoms with Gasteiger partial charge in [-0.3, -0.25) is 29.4 Å². The van der Waals surface area contributed by atoms with Crippen LogP contribution >= 0.6 is 0 Å². The monoisotopic (exact) mass is 278 g/mol. The Morgan fingerprint density at radius 2 is 2.05 bits per heavy atom. The van der Waals surface area contributed by atoms with Gasteiger partial charge in [-0.15, -0.1) is 0 Å². The first kappa shape index (κ1) is 7.78. The summed E-state index contributed by atoms with van der Waals surface area (Å²) in [4.78, 5) is 49.1. The fraction of sp³-hybridized carbons (Fsp3) is 0.231. The highest BCUT2D eigenvalue weighted by molar-refractivity contribution is 6.25. The van der Waals surface area contributed by atoms with Crippen LogP contribution < -0.4 is 11.1 Å². The number of hydrogen-bond acceptors (Lipinski definition) is 5. The van der Waals surface area contributed by atoms with Gasteiger partial charge in [0.2, 0.25) is 11.8 Å². The van der Waals surface area contributed by atoms with Crippen LogP contribution in [0.5, 0.6) is 0 Å². The van der Waals surface area contributed by atoms with E-state index in [2.05, 4.69) is 0 Å². The Labute approximate surface area is 120 Å². The standard InChI is InChI=1S/C13H11N3O4/c14-7-3-1-2-6-10(7)13(20)16(12(6)19)8-4-5-9(17)15-11(8)18/h1-3,8H,4-5,14H2,(H,15,17,18)/t8-/m1/s1/i4D2,5D2,8D. The summed E-state index contributed by atoms with van der Waals surface area (Å²) < 4.78 is 39.3. The van der Waals surface area contributed by atoms with Crippen molar-refractivity contribution in [3.63, 3.8) is 0 Å². The Hall–Kier alpha value is -2.70. The minimum absolute atomic E-state index is 0.00757. The van der Waals surface area contributed by atoms with Gasteiger partial charge < -0.3 is 5.73 Å². The molecule has 7 nitrogen and oxygen atoms in total. The van der Waals surface area contributed by atoms with Crippen molar-refractivity contribution in [2.45, 2.75) is 18.8 Å². The van der Waals surface area contributed by atoms with Crippen LogP contribution in [0.15, 0.2) is 18.2 Å². The minimum Gasteiger partial charge on any atom is -0.398 e. The molecule has 102 valence electrons. The molecule has 0 aromatic heterocycles. The van der Waals surface area contributed by atoms with Crippen LogP contribution in [0.3, 0.4) is 0 Å². The fourth-order valence-corrected chi connectivity index (χ4v) is 2.04. The van der Waals surface area contributed by atoms with Gasteiger partial charge >= 0.3 is 0 Å². The Bertz CT molecular complexity index is 871. The second-order valence-electron chi connectivity index (χ2n) is 4.10. The van der Waals surface area contributed by atoms with Crippen molar-refractivity contribution in [3.05, 3.63) is 29.3 Å². The number of benzene rings is 1. The summed E-state index contributed by atoms with van der Waals surface area (Å²) in [5.41, 5.74) is 5.00. The van der Waals surface area contributed by atoms with Gasteiger partial charge in [0.1, 0.15) is 6.02 Å². The molecule has 1 atom stereocenters. The van der Waals surface area contributed by atoms with Gasteiger partial charge in [0, 0.05) is 17.5 Å². The van der Waals surface area contributed by atoms with Crippen LogP contribution in [-0.2, 0) is 9.59 Å². The van der Waals surface area contributed by atoms with E-state index >= 15 is 0 Å².